The van der Waals surface area contributed by atoms with Gasteiger partial charge in [-0.3, -0.25) is 0 Å². The molecule has 0 saturated carbocycles. The van der Waals surface area contributed by atoms with Crippen LogP contribution in [0.3, 0.4) is 0 Å². The minimum Gasteiger partial charge on any atom is -0.433 e. The van der Waals surface area contributed by atoms with Crippen LogP contribution in [0.15, 0.2) is 0 Å². The number of ether oxygens (including phenoxy) is 1. The molecule has 0 aromatic carbocycles. The topological polar surface area (TPSA) is 29.1 Å². The maximum absolute atomic E-state index is 9.67. The molecular weight excluding hydrogens is 116 g/mol. The van der Waals surface area contributed by atoms with Gasteiger partial charge in [-0.15, -0.1) is 5.92 Å². The maximum Gasteiger partial charge on any atom is 0.160 e. The van der Waals surface area contributed by atoms with Crippen LogP contribution in [-0.4, -0.2) is 13.2 Å². The predicted molar refractivity (Wildman–Crippen MR) is 32.7 cm³/mol. The molecule has 0 aromatic heterocycles. The Morgan fingerprint density at radius 1 is 1.44 bits per heavy atom. The Bertz CT molecular complexity index is 163. The summed E-state index contributed by atoms with van der Waals surface area (Å²) in [6, 6.07) is 0. The van der Waals surface area contributed by atoms with Crippen LogP contribution in [-0.2, 0) is 9.84 Å². The van der Waals surface area contributed by atoms with Gasteiger partial charge in [0, 0.05) is 0 Å². The fourth-order valence-corrected chi connectivity index (χ4v) is 0.225. The van der Waals surface area contributed by atoms with E-state index in [9.17, 15) is 5.11 Å². The highest BCUT2D eigenvalue weighted by atomic mass is 16.5. The van der Waals surface area contributed by atoms with E-state index in [0.29, 0.717) is 0 Å². The quantitative estimate of drug-likeness (QED) is 0.367. The Morgan fingerprint density at radius 2 is 2.22 bits per heavy atom. The van der Waals surface area contributed by atoms with Crippen molar-refractivity contribution in [3.8, 4) is 23.9 Å². The van der Waals surface area contributed by atoms with Gasteiger partial charge in [0.05, 0.1) is 0 Å². The molecule has 0 rings (SSSR count). The van der Waals surface area contributed by atoms with Gasteiger partial charge in [0.25, 0.3) is 0 Å². The third kappa shape index (κ3) is 6.88. The average molecular weight is 123 g/mol. The average Bonchev–Trinajstić information content (AvgIpc) is 1.89. The zero-order chi connectivity index (χ0) is 6.95. The van der Waals surface area contributed by atoms with Crippen LogP contribution in [0.2, 0.25) is 0 Å². The van der Waals surface area contributed by atoms with Crippen LogP contribution in [0.25, 0.3) is 0 Å². The van der Waals surface area contributed by atoms with Crippen LogP contribution < -0.4 is 0 Å². The lowest BCUT2D eigenvalue weighted by atomic mass is 10.6. The molecule has 2 heteroatoms. The van der Waals surface area contributed by atoms with E-state index in [-0.39, 0.29) is 6.61 Å². The van der Waals surface area contributed by atoms with Crippen LogP contribution in [0.5, 0.6) is 0 Å². The normalized spacial score (nSPS) is 6.00. The highest BCUT2D eigenvalue weighted by Gasteiger charge is 1.68. The molecule has 0 fully saturated rings. The van der Waals surface area contributed by atoms with Gasteiger partial charge in [0.2, 0.25) is 0 Å². The minimum atomic E-state index is -0.417. The summed E-state index contributed by atoms with van der Waals surface area (Å²) in [7, 11) is 0. The van der Waals surface area contributed by atoms with Gasteiger partial charge in [-0.1, -0.05) is 5.92 Å². The van der Waals surface area contributed by atoms with Crippen molar-refractivity contribution in [1.29, 1.82) is 0 Å². The monoisotopic (exact) mass is 123 g/mol. The number of rotatable bonds is 1. The summed E-state index contributed by atoms with van der Waals surface area (Å²) in [6.07, 6.45) is 2.20. The van der Waals surface area contributed by atoms with Crippen LogP contribution >= 0.6 is 0 Å². The summed E-state index contributed by atoms with van der Waals surface area (Å²) < 4.78 is 4.58. The lowest BCUT2D eigenvalue weighted by Crippen LogP contribution is -1.81. The first kappa shape index (κ1) is 7.88. The molecule has 0 bridgehead atoms. The van der Waals surface area contributed by atoms with E-state index in [4.69, 9.17) is 0 Å². The molecule has 0 aromatic rings. The second kappa shape index (κ2) is 6.88. The second-order valence-electron chi connectivity index (χ2n) is 1.14. The SMILES string of the molecule is CC#CCOC#CC[O]. The standard InChI is InChI=1S/C7H7O2/c1-2-3-6-9-7-4-5-8/h5-6H2,1H3. The second-order valence-corrected chi connectivity index (χ2v) is 1.14. The minimum absolute atomic E-state index is 0.281. The summed E-state index contributed by atoms with van der Waals surface area (Å²) in [5.74, 6) is 7.47. The maximum atomic E-state index is 9.67. The smallest absolute Gasteiger partial charge is 0.160 e. The number of hydrogen-bond acceptors (Lipinski definition) is 1. The van der Waals surface area contributed by atoms with Crippen molar-refractivity contribution in [2.24, 2.45) is 0 Å². The van der Waals surface area contributed by atoms with E-state index in [1.807, 2.05) is 0 Å². The van der Waals surface area contributed by atoms with Crippen molar-refractivity contribution in [3.05, 3.63) is 0 Å². The summed E-state index contributed by atoms with van der Waals surface area (Å²) in [4.78, 5) is 0. The first-order valence-electron chi connectivity index (χ1n) is 2.49. The fourth-order valence-electron chi connectivity index (χ4n) is 0.225. The van der Waals surface area contributed by atoms with Crippen molar-refractivity contribution < 1.29 is 9.84 Å². The Kier molecular flexibility index (Phi) is 6.02. The van der Waals surface area contributed by atoms with E-state index in [2.05, 4.69) is 28.6 Å². The van der Waals surface area contributed by atoms with Crippen molar-refractivity contribution >= 4 is 0 Å². The summed E-state index contributed by atoms with van der Waals surface area (Å²) >= 11 is 0. The molecule has 0 aliphatic carbocycles. The molecule has 2 nitrogen and oxygen atoms in total. The molecule has 1 radical (unpaired) electrons. The van der Waals surface area contributed by atoms with Crippen molar-refractivity contribution in [1.82, 2.24) is 0 Å². The van der Waals surface area contributed by atoms with Crippen molar-refractivity contribution in [3.63, 3.8) is 0 Å². The first-order valence-corrected chi connectivity index (χ1v) is 2.49. The van der Waals surface area contributed by atoms with E-state index in [1.165, 1.54) is 0 Å². The predicted octanol–water partition coefficient (Wildman–Crippen LogP) is 0.418. The lowest BCUT2D eigenvalue weighted by Gasteiger charge is -1.82. The highest BCUT2D eigenvalue weighted by Crippen LogP contribution is 1.65. The van der Waals surface area contributed by atoms with E-state index in [1.54, 1.807) is 6.92 Å². The zero-order valence-electron chi connectivity index (χ0n) is 5.23. The third-order valence-corrected chi connectivity index (χ3v) is 0.538. The van der Waals surface area contributed by atoms with E-state index < -0.39 is 6.61 Å². The molecule has 0 amide bonds. The summed E-state index contributed by atoms with van der Waals surface area (Å²) in [5.41, 5.74) is 0. The van der Waals surface area contributed by atoms with E-state index in [0.717, 1.165) is 0 Å². The summed E-state index contributed by atoms with van der Waals surface area (Å²) in [5, 5.41) is 9.67. The van der Waals surface area contributed by atoms with Crippen molar-refractivity contribution in [2.45, 2.75) is 6.92 Å². The molecule has 9 heavy (non-hydrogen) atoms. The molecule has 47 valence electrons. The molecule has 0 aliphatic rings. The first-order chi connectivity index (χ1) is 4.41. The molecule has 0 spiro atoms. The molecule has 0 N–H and O–H groups in total. The van der Waals surface area contributed by atoms with E-state index >= 15 is 0 Å². The van der Waals surface area contributed by atoms with Gasteiger partial charge < -0.3 is 4.74 Å². The van der Waals surface area contributed by atoms with Gasteiger partial charge in [-0.05, 0) is 12.8 Å². The number of hydrogen-bond donors (Lipinski definition) is 0. The Hall–Kier alpha value is -1.12. The van der Waals surface area contributed by atoms with Gasteiger partial charge in [0.1, 0.15) is 12.7 Å². The molecule has 0 atom stereocenters. The Balaban J connectivity index is 3.15. The Morgan fingerprint density at radius 3 is 2.78 bits per heavy atom. The van der Waals surface area contributed by atoms with Crippen LogP contribution in [0, 0.1) is 23.9 Å². The van der Waals surface area contributed by atoms with Crippen LogP contribution in [0.4, 0.5) is 0 Å². The van der Waals surface area contributed by atoms with Gasteiger partial charge in [0.15, 0.2) is 6.61 Å². The summed E-state index contributed by atoms with van der Waals surface area (Å²) in [6.45, 7) is 1.58. The third-order valence-electron chi connectivity index (χ3n) is 0.538. The molecule has 0 unspecified atom stereocenters. The molecular formula is C7H7O2. The van der Waals surface area contributed by atoms with Gasteiger partial charge in [-0.2, -0.15) is 0 Å². The van der Waals surface area contributed by atoms with Gasteiger partial charge in [-0.25, -0.2) is 5.11 Å². The molecule has 0 saturated heterocycles. The molecule has 0 heterocycles. The van der Waals surface area contributed by atoms with Gasteiger partial charge >= 0.3 is 0 Å². The largest absolute Gasteiger partial charge is 0.433 e. The molecule has 0 aliphatic heterocycles. The highest BCUT2D eigenvalue weighted by molar-refractivity contribution is 4.97. The van der Waals surface area contributed by atoms with Crippen LogP contribution in [0.1, 0.15) is 6.92 Å². The Labute approximate surface area is 54.8 Å². The van der Waals surface area contributed by atoms with Crippen molar-refractivity contribution in [2.75, 3.05) is 13.2 Å². The fraction of sp³-hybridized carbons (Fsp3) is 0.429. The lowest BCUT2D eigenvalue weighted by molar-refractivity contribution is 0.236. The zero-order valence-corrected chi connectivity index (χ0v) is 5.23.